The number of amides is 2. The van der Waals surface area contributed by atoms with E-state index in [-0.39, 0.29) is 17.6 Å². The van der Waals surface area contributed by atoms with E-state index < -0.39 is 41.5 Å². The molecule has 3 aliphatic heterocycles. The van der Waals surface area contributed by atoms with Crippen LogP contribution in [0.4, 0.5) is 13.2 Å². The highest BCUT2D eigenvalue weighted by Crippen LogP contribution is 2.58. The molecular formula is C28H29F3N2O8S. The number of carbonyl (C=O) groups is 5. The molecule has 3 saturated heterocycles. The number of carboxylic acids is 1. The second-order valence-corrected chi connectivity index (χ2v) is 11.2. The van der Waals surface area contributed by atoms with Crippen molar-refractivity contribution in [2.24, 2.45) is 11.8 Å². The van der Waals surface area contributed by atoms with Crippen LogP contribution in [0.1, 0.15) is 48.1 Å². The van der Waals surface area contributed by atoms with E-state index in [1.807, 2.05) is 34.5 Å². The lowest BCUT2D eigenvalue weighted by molar-refractivity contribution is -0.192. The second kappa shape index (κ2) is 11.5. The Labute approximate surface area is 243 Å². The van der Waals surface area contributed by atoms with Crippen molar-refractivity contribution in [3.63, 3.8) is 0 Å². The van der Waals surface area contributed by atoms with Gasteiger partial charge in [-0.05, 0) is 56.5 Å². The molecule has 14 heteroatoms. The molecule has 226 valence electrons. The molecule has 0 bridgehead atoms. The van der Waals surface area contributed by atoms with Crippen LogP contribution in [0.2, 0.25) is 0 Å². The predicted molar refractivity (Wildman–Crippen MR) is 143 cm³/mol. The van der Waals surface area contributed by atoms with Crippen molar-refractivity contribution in [1.82, 2.24) is 9.80 Å². The minimum atomic E-state index is -5.08. The Morgan fingerprint density at radius 3 is 2.31 bits per heavy atom. The molecule has 0 aliphatic carbocycles. The molecule has 3 aliphatic rings. The summed E-state index contributed by atoms with van der Waals surface area (Å²) >= 11 is 1.46. The first-order valence-electron chi connectivity index (χ1n) is 12.9. The first-order valence-corrected chi connectivity index (χ1v) is 13.8. The summed E-state index contributed by atoms with van der Waals surface area (Å²) in [5, 5.41) is 8.95. The summed E-state index contributed by atoms with van der Waals surface area (Å²) in [6.45, 7) is 2.12. The van der Waals surface area contributed by atoms with Gasteiger partial charge in [-0.3, -0.25) is 29.0 Å². The van der Waals surface area contributed by atoms with Gasteiger partial charge in [-0.1, -0.05) is 6.07 Å². The first-order chi connectivity index (χ1) is 19.7. The smallest absolute Gasteiger partial charge is 0.490 e. The average Bonchev–Trinajstić information content (AvgIpc) is 3.62. The third kappa shape index (κ3) is 5.06. The number of ketones is 1. The van der Waals surface area contributed by atoms with E-state index in [4.69, 9.17) is 19.4 Å². The van der Waals surface area contributed by atoms with E-state index in [1.54, 1.807) is 7.11 Å². The zero-order valence-electron chi connectivity index (χ0n) is 23.2. The molecule has 2 amide bonds. The van der Waals surface area contributed by atoms with Gasteiger partial charge in [-0.25, -0.2) is 4.79 Å². The third-order valence-corrected chi connectivity index (χ3v) is 9.06. The predicted octanol–water partition coefficient (Wildman–Crippen LogP) is 3.94. The number of carboxylic acid groups (broad SMARTS) is 1. The number of nitrogens with zero attached hydrogens (tertiary/aromatic N) is 2. The Kier molecular flexibility index (Phi) is 8.52. The summed E-state index contributed by atoms with van der Waals surface area (Å²) in [5.74, 6) is -4.65. The Balaban J connectivity index is 0.000000517. The Morgan fingerprint density at radius 1 is 1.10 bits per heavy atom. The molecule has 0 unspecified atom stereocenters. The van der Waals surface area contributed by atoms with Crippen molar-refractivity contribution >= 4 is 40.9 Å². The van der Waals surface area contributed by atoms with Gasteiger partial charge in [0.05, 0.1) is 26.1 Å². The zero-order valence-corrected chi connectivity index (χ0v) is 24.0. The van der Waals surface area contributed by atoms with Crippen LogP contribution in [0.25, 0.3) is 10.4 Å². The van der Waals surface area contributed by atoms with Crippen LogP contribution in [0.5, 0.6) is 5.75 Å². The fraction of sp³-hybridized carbons (Fsp3) is 0.464. The maximum absolute atomic E-state index is 13.4. The van der Waals surface area contributed by atoms with E-state index in [0.29, 0.717) is 24.3 Å². The molecule has 2 aromatic rings. The van der Waals surface area contributed by atoms with E-state index in [1.165, 1.54) is 37.3 Å². The van der Waals surface area contributed by atoms with Gasteiger partial charge in [0.15, 0.2) is 5.78 Å². The van der Waals surface area contributed by atoms with Gasteiger partial charge in [0, 0.05) is 34.5 Å². The summed E-state index contributed by atoms with van der Waals surface area (Å²) in [7, 11) is 4.41. The number of fused-ring (bicyclic) bond motifs is 3. The molecule has 0 spiro atoms. The van der Waals surface area contributed by atoms with Crippen LogP contribution in [0.15, 0.2) is 29.6 Å². The van der Waals surface area contributed by atoms with Crippen LogP contribution in [0, 0.1) is 11.8 Å². The molecule has 0 saturated carbocycles. The van der Waals surface area contributed by atoms with Crippen molar-refractivity contribution in [2.45, 2.75) is 43.9 Å². The van der Waals surface area contributed by atoms with E-state index in [2.05, 4.69) is 0 Å². The largest absolute Gasteiger partial charge is 0.496 e. The highest BCUT2D eigenvalue weighted by Gasteiger charge is 2.72. The molecule has 42 heavy (non-hydrogen) atoms. The molecule has 4 atom stereocenters. The summed E-state index contributed by atoms with van der Waals surface area (Å²) in [5.41, 5.74) is 1.14. The van der Waals surface area contributed by atoms with Crippen molar-refractivity contribution in [3.05, 3.63) is 40.8 Å². The zero-order chi connectivity index (χ0) is 31.1. The highest BCUT2D eigenvalue weighted by atomic mass is 32.1. The van der Waals surface area contributed by atoms with E-state index in [9.17, 15) is 32.3 Å². The number of halogens is 3. The fourth-order valence-electron chi connectivity index (χ4n) is 6.26. The third-order valence-electron chi connectivity index (χ3n) is 8.10. The molecule has 1 aromatic heterocycles. The molecule has 1 N–H and O–H groups in total. The Hall–Kier alpha value is -3.78. The van der Waals surface area contributed by atoms with Crippen LogP contribution < -0.4 is 4.74 Å². The lowest BCUT2D eigenvalue weighted by Gasteiger charge is -2.44. The number of rotatable bonds is 5. The van der Waals surface area contributed by atoms with E-state index in [0.717, 1.165) is 28.8 Å². The molecule has 4 heterocycles. The van der Waals surface area contributed by atoms with Gasteiger partial charge in [0.25, 0.3) is 0 Å². The topological polar surface area (TPSA) is 131 Å². The fourth-order valence-corrected chi connectivity index (χ4v) is 7.24. The van der Waals surface area contributed by atoms with Crippen molar-refractivity contribution in [3.8, 4) is 16.2 Å². The SMILES string of the molecule is COC(=O)[C@@]12CCCCN1[C@H](c1ccc(-c3cc(C(C)=O)cs3)c(OC)c1)[C@H]1C(=O)N(C)C(=O)[C@H]12.O=C(O)C(F)(F)F. The number of benzene rings is 1. The number of esters is 1. The van der Waals surface area contributed by atoms with Gasteiger partial charge in [0.1, 0.15) is 11.3 Å². The molecule has 3 fully saturated rings. The lowest BCUT2D eigenvalue weighted by atomic mass is 9.75. The lowest BCUT2D eigenvalue weighted by Crippen LogP contribution is -2.59. The number of likely N-dealkylation sites (tertiary alicyclic amines) is 1. The number of ether oxygens (including phenoxy) is 2. The first kappa shape index (κ1) is 31.2. The molecule has 5 rings (SSSR count). The number of Topliss-reactive ketones (excluding diaryl/α,β-unsaturated/α-hetero) is 1. The molecular weight excluding hydrogens is 581 g/mol. The van der Waals surface area contributed by atoms with Crippen LogP contribution >= 0.6 is 11.3 Å². The maximum atomic E-state index is 13.4. The number of piperidine rings is 1. The second-order valence-electron chi connectivity index (χ2n) is 10.3. The number of hydrogen-bond acceptors (Lipinski definition) is 9. The standard InChI is InChI=1S/C26H28N2O6S.C2HF3O2/c1-14(29)16-12-19(35-13-16)17-8-7-15(11-18(17)33-3)22-20-21(24(31)27(2)23(20)30)26(25(32)34-4)9-5-6-10-28(22)26;3-2(4,5)1(6)7/h7-8,11-13,20-22H,5-6,9-10H2,1-4H3;(H,6,7)/t20-,21-,22+,26-;/m0./s1. The van der Waals surface area contributed by atoms with Crippen LogP contribution in [-0.2, 0) is 23.9 Å². The highest BCUT2D eigenvalue weighted by molar-refractivity contribution is 7.13. The van der Waals surface area contributed by atoms with Gasteiger partial charge in [0.2, 0.25) is 11.8 Å². The van der Waals surface area contributed by atoms with Gasteiger partial charge < -0.3 is 14.6 Å². The number of imide groups is 1. The number of aliphatic carboxylic acids is 1. The molecule has 1 aromatic carbocycles. The summed E-state index contributed by atoms with van der Waals surface area (Å²) in [6.07, 6.45) is -2.96. The van der Waals surface area contributed by atoms with Gasteiger partial charge in [-0.15, -0.1) is 11.3 Å². The normalized spacial score (nSPS) is 25.3. The number of alkyl halides is 3. The number of thiophene rings is 1. The van der Waals surface area contributed by atoms with Gasteiger partial charge in [-0.2, -0.15) is 13.2 Å². The minimum Gasteiger partial charge on any atom is -0.496 e. The molecule has 0 radical (unpaired) electrons. The average molecular weight is 611 g/mol. The number of hydrogen-bond donors (Lipinski definition) is 1. The van der Waals surface area contributed by atoms with Crippen LogP contribution in [0.3, 0.4) is 0 Å². The Morgan fingerprint density at radius 2 is 1.76 bits per heavy atom. The van der Waals surface area contributed by atoms with Crippen molar-refractivity contribution in [1.29, 1.82) is 0 Å². The quantitative estimate of drug-likeness (QED) is 0.304. The number of methoxy groups -OCH3 is 2. The molecule has 10 nitrogen and oxygen atoms in total. The van der Waals surface area contributed by atoms with Gasteiger partial charge >= 0.3 is 18.1 Å². The number of carbonyl (C=O) groups excluding carboxylic acids is 4. The van der Waals surface area contributed by atoms with Crippen LogP contribution in [-0.4, -0.2) is 84.0 Å². The van der Waals surface area contributed by atoms with Crippen molar-refractivity contribution < 1.29 is 51.7 Å². The van der Waals surface area contributed by atoms with Crippen molar-refractivity contribution in [2.75, 3.05) is 27.8 Å². The monoisotopic (exact) mass is 610 g/mol. The Bertz CT molecular complexity index is 1440. The summed E-state index contributed by atoms with van der Waals surface area (Å²) in [4.78, 5) is 64.7. The maximum Gasteiger partial charge on any atom is 0.490 e. The summed E-state index contributed by atoms with van der Waals surface area (Å²) in [6, 6.07) is 7.13. The van der Waals surface area contributed by atoms with E-state index >= 15 is 0 Å². The summed E-state index contributed by atoms with van der Waals surface area (Å²) < 4.78 is 42.7. The minimum absolute atomic E-state index is 0.00198.